The van der Waals surface area contributed by atoms with Crippen molar-refractivity contribution in [3.8, 4) is 34.0 Å². The summed E-state index contributed by atoms with van der Waals surface area (Å²) < 4.78 is 50.8. The second-order valence-corrected chi connectivity index (χ2v) is 8.82. The number of H-pyrrole nitrogens is 1. The molecule has 0 unspecified atom stereocenters. The van der Waals surface area contributed by atoms with E-state index in [0.717, 1.165) is 34.6 Å². The normalized spacial score (nSPS) is 14.1. The van der Waals surface area contributed by atoms with Crippen LogP contribution in [0.25, 0.3) is 22.5 Å². The summed E-state index contributed by atoms with van der Waals surface area (Å²) in [6.45, 7) is 2.25. The third kappa shape index (κ3) is 4.89. The molecule has 36 heavy (non-hydrogen) atoms. The van der Waals surface area contributed by atoms with E-state index < -0.39 is 11.7 Å². The number of aromatic nitrogens is 3. The van der Waals surface area contributed by atoms with Gasteiger partial charge in [-0.15, -0.1) is 0 Å². The van der Waals surface area contributed by atoms with Crippen LogP contribution < -0.4 is 9.47 Å². The minimum atomic E-state index is -4.53. The van der Waals surface area contributed by atoms with Crippen LogP contribution in [0.2, 0.25) is 5.02 Å². The van der Waals surface area contributed by atoms with E-state index in [2.05, 4.69) is 20.1 Å². The van der Waals surface area contributed by atoms with E-state index >= 15 is 0 Å². The lowest BCUT2D eigenvalue weighted by Gasteiger charge is -2.20. The number of rotatable bonds is 5. The Kier molecular flexibility index (Phi) is 6.59. The number of nitrogens with one attached hydrogen (secondary N) is 1. The number of nitrogens with zero attached hydrogens (tertiary/aromatic N) is 3. The number of fused-ring (bicyclic) bond motifs is 1. The Morgan fingerprint density at radius 3 is 2.64 bits per heavy atom. The van der Waals surface area contributed by atoms with E-state index in [0.29, 0.717) is 43.3 Å². The quantitative estimate of drug-likeness (QED) is 0.343. The minimum absolute atomic E-state index is 0.0934. The number of aromatic amines is 1. The number of halogens is 4. The first-order chi connectivity index (χ1) is 17.3. The molecule has 1 aliphatic heterocycles. The van der Waals surface area contributed by atoms with Gasteiger partial charge in [0.25, 0.3) is 0 Å². The maximum atomic E-state index is 13.1. The average molecular weight is 515 g/mol. The molecule has 186 valence electrons. The predicted octanol–water partition coefficient (Wildman–Crippen LogP) is 6.21. The molecule has 4 aromatic rings. The number of methoxy groups -OCH3 is 1. The van der Waals surface area contributed by atoms with Gasteiger partial charge in [-0.05, 0) is 23.8 Å². The molecular weight excluding hydrogens is 493 g/mol. The van der Waals surface area contributed by atoms with E-state index in [-0.39, 0.29) is 10.7 Å². The van der Waals surface area contributed by atoms with Gasteiger partial charge >= 0.3 is 6.18 Å². The minimum Gasteiger partial charge on any atom is -0.493 e. The summed E-state index contributed by atoms with van der Waals surface area (Å²) in [5.74, 6) is 1.07. The molecule has 0 atom stereocenters. The Labute approximate surface area is 210 Å². The van der Waals surface area contributed by atoms with E-state index in [9.17, 15) is 13.2 Å². The van der Waals surface area contributed by atoms with Crippen LogP contribution in [0.5, 0.6) is 11.5 Å². The highest BCUT2D eigenvalue weighted by atomic mass is 35.5. The van der Waals surface area contributed by atoms with Gasteiger partial charge in [0, 0.05) is 42.5 Å². The Balaban J connectivity index is 1.46. The molecule has 1 N–H and O–H groups in total. The average Bonchev–Trinajstić information content (AvgIpc) is 3.22. The second kappa shape index (κ2) is 9.83. The number of alkyl halides is 3. The molecule has 0 saturated carbocycles. The Hall–Kier alpha value is -3.56. The number of pyridine rings is 1. The highest BCUT2D eigenvalue weighted by molar-refractivity contribution is 6.33. The fraction of sp³-hybridized carbons (Fsp3) is 0.231. The van der Waals surface area contributed by atoms with Crippen LogP contribution in [0, 0.1) is 0 Å². The zero-order valence-electron chi connectivity index (χ0n) is 19.3. The lowest BCUT2D eigenvalue weighted by molar-refractivity contribution is -0.137. The molecule has 10 heteroatoms. The van der Waals surface area contributed by atoms with Crippen molar-refractivity contribution >= 4 is 11.6 Å². The van der Waals surface area contributed by atoms with Crippen molar-refractivity contribution in [2.24, 2.45) is 0 Å². The maximum Gasteiger partial charge on any atom is 0.417 e. The number of benzene rings is 2. The van der Waals surface area contributed by atoms with E-state index in [1.54, 1.807) is 6.07 Å². The summed E-state index contributed by atoms with van der Waals surface area (Å²) in [6.07, 6.45) is -1.93. The third-order valence-corrected chi connectivity index (χ3v) is 6.30. The highest BCUT2D eigenvalue weighted by Gasteiger charge is 2.32. The summed E-state index contributed by atoms with van der Waals surface area (Å²) in [5, 5.41) is 7.23. The van der Waals surface area contributed by atoms with E-state index in [1.807, 2.05) is 42.6 Å². The van der Waals surface area contributed by atoms with Crippen LogP contribution in [-0.2, 0) is 19.3 Å². The van der Waals surface area contributed by atoms with Crippen LogP contribution in [0.15, 0.2) is 60.9 Å². The van der Waals surface area contributed by atoms with Crippen molar-refractivity contribution < 1.29 is 22.6 Å². The van der Waals surface area contributed by atoms with Crippen LogP contribution in [0.3, 0.4) is 0 Å². The largest absolute Gasteiger partial charge is 0.493 e. The van der Waals surface area contributed by atoms with Gasteiger partial charge in [0.1, 0.15) is 6.61 Å². The molecule has 0 fully saturated rings. The number of hydrogen-bond donors (Lipinski definition) is 1. The molecule has 0 bridgehead atoms. The van der Waals surface area contributed by atoms with Crippen LogP contribution >= 0.6 is 11.6 Å². The van der Waals surface area contributed by atoms with Crippen LogP contribution in [0.1, 0.15) is 16.7 Å². The van der Waals surface area contributed by atoms with Crippen molar-refractivity contribution in [3.05, 3.63) is 82.6 Å². The first-order valence-electron chi connectivity index (χ1n) is 11.2. The molecule has 0 amide bonds. The molecule has 0 spiro atoms. The van der Waals surface area contributed by atoms with Crippen molar-refractivity contribution in [2.75, 3.05) is 20.3 Å². The molecule has 0 saturated heterocycles. The van der Waals surface area contributed by atoms with Crippen molar-refractivity contribution in [3.63, 3.8) is 0 Å². The molecule has 2 aromatic heterocycles. The van der Waals surface area contributed by atoms with Crippen molar-refractivity contribution in [2.45, 2.75) is 19.3 Å². The Bertz CT molecular complexity index is 1380. The fourth-order valence-electron chi connectivity index (χ4n) is 4.29. The molecule has 6 nitrogen and oxygen atoms in total. The molecule has 3 heterocycles. The van der Waals surface area contributed by atoms with Crippen molar-refractivity contribution in [1.82, 2.24) is 20.1 Å². The SMILES string of the molecule is COc1cc(-c2ncc(C(F)(F)F)cc2Cl)cc2c1OCCN(Cc1cn[nH]c1-c1ccccc1)C2. The third-order valence-electron chi connectivity index (χ3n) is 6.02. The Morgan fingerprint density at radius 1 is 1.11 bits per heavy atom. The molecule has 0 aliphatic carbocycles. The lowest BCUT2D eigenvalue weighted by Crippen LogP contribution is -2.25. The zero-order valence-corrected chi connectivity index (χ0v) is 20.0. The standard InChI is InChI=1S/C26H22ClF3N4O2/c1-35-22-10-17(24-21(27)11-20(13-31-24)26(28,29)30)9-18-14-34(7-8-36-25(18)22)15-19-12-32-33-23(19)16-5-3-2-4-6-16/h2-6,9-13H,7-8,14-15H2,1H3,(H,32,33). The molecule has 1 aliphatic rings. The van der Waals surface area contributed by atoms with Gasteiger partial charge in [0.2, 0.25) is 0 Å². The summed E-state index contributed by atoms with van der Waals surface area (Å²) in [7, 11) is 1.52. The van der Waals surface area contributed by atoms with E-state index in [4.69, 9.17) is 21.1 Å². The molecule has 0 radical (unpaired) electrons. The first kappa shape index (κ1) is 24.1. The number of hydrogen-bond acceptors (Lipinski definition) is 5. The fourth-order valence-corrected chi connectivity index (χ4v) is 4.57. The summed E-state index contributed by atoms with van der Waals surface area (Å²) in [6, 6.07) is 14.4. The van der Waals surface area contributed by atoms with Crippen LogP contribution in [0.4, 0.5) is 13.2 Å². The van der Waals surface area contributed by atoms with Gasteiger partial charge in [0.05, 0.1) is 35.3 Å². The van der Waals surface area contributed by atoms with Gasteiger partial charge in [-0.1, -0.05) is 41.9 Å². The summed E-state index contributed by atoms with van der Waals surface area (Å²) in [5.41, 5.74) is 3.74. The summed E-state index contributed by atoms with van der Waals surface area (Å²) >= 11 is 6.22. The van der Waals surface area contributed by atoms with Gasteiger partial charge < -0.3 is 9.47 Å². The van der Waals surface area contributed by atoms with Gasteiger partial charge in [-0.3, -0.25) is 15.0 Å². The molecular formula is C26H22ClF3N4O2. The van der Waals surface area contributed by atoms with Gasteiger partial charge in [-0.25, -0.2) is 0 Å². The smallest absolute Gasteiger partial charge is 0.417 e. The van der Waals surface area contributed by atoms with Crippen LogP contribution in [-0.4, -0.2) is 40.3 Å². The zero-order chi connectivity index (χ0) is 25.3. The lowest BCUT2D eigenvalue weighted by atomic mass is 10.0. The Morgan fingerprint density at radius 2 is 1.92 bits per heavy atom. The first-order valence-corrected chi connectivity index (χ1v) is 11.6. The molecule has 2 aromatic carbocycles. The second-order valence-electron chi connectivity index (χ2n) is 8.41. The highest BCUT2D eigenvalue weighted by Crippen LogP contribution is 2.41. The van der Waals surface area contributed by atoms with Gasteiger partial charge in [0.15, 0.2) is 11.5 Å². The van der Waals surface area contributed by atoms with Crippen molar-refractivity contribution in [1.29, 1.82) is 0 Å². The van der Waals surface area contributed by atoms with E-state index in [1.165, 1.54) is 7.11 Å². The molecule has 5 rings (SSSR count). The maximum absolute atomic E-state index is 13.1. The summed E-state index contributed by atoms with van der Waals surface area (Å²) in [4.78, 5) is 6.23. The monoisotopic (exact) mass is 514 g/mol. The number of ether oxygens (including phenoxy) is 2. The predicted molar refractivity (Wildman–Crippen MR) is 130 cm³/mol. The topological polar surface area (TPSA) is 63.3 Å². The van der Waals surface area contributed by atoms with Gasteiger partial charge in [-0.2, -0.15) is 18.3 Å².